The van der Waals surface area contributed by atoms with Gasteiger partial charge in [0.1, 0.15) is 17.2 Å². The minimum Gasteiger partial charge on any atom is -0.507 e. The van der Waals surface area contributed by atoms with Crippen LogP contribution in [-0.4, -0.2) is 49.7 Å². The summed E-state index contributed by atoms with van der Waals surface area (Å²) in [4.78, 5) is 15.4. The lowest BCUT2D eigenvalue weighted by molar-refractivity contribution is 0.101. The Bertz CT molecular complexity index is 1060. The molecule has 2 aromatic rings. The van der Waals surface area contributed by atoms with Crippen molar-refractivity contribution in [3.63, 3.8) is 0 Å². The Balaban J connectivity index is 1.70. The van der Waals surface area contributed by atoms with Crippen LogP contribution in [0.2, 0.25) is 0 Å². The van der Waals surface area contributed by atoms with Crippen LogP contribution in [0.3, 0.4) is 0 Å². The van der Waals surface area contributed by atoms with Crippen molar-refractivity contribution in [1.29, 1.82) is 0 Å². The average Bonchev–Trinajstić information content (AvgIpc) is 3.12. The Hall–Kier alpha value is -3.19. The van der Waals surface area contributed by atoms with E-state index in [1.54, 1.807) is 51.7 Å². The Kier molecular flexibility index (Phi) is 6.28. The number of allylic oxidation sites excluding steroid dienone is 1. The molecule has 0 spiro atoms. The molecule has 2 aliphatic heterocycles. The third-order valence-electron chi connectivity index (χ3n) is 6.24. The topological polar surface area (TPSA) is 77.5 Å². The first-order valence-corrected chi connectivity index (χ1v) is 10.8. The van der Waals surface area contributed by atoms with Gasteiger partial charge in [0, 0.05) is 24.2 Å². The van der Waals surface area contributed by atoms with Crippen molar-refractivity contribution < 1.29 is 28.8 Å². The van der Waals surface area contributed by atoms with E-state index in [-0.39, 0.29) is 17.3 Å². The maximum absolute atomic E-state index is 13.1. The first kappa shape index (κ1) is 22.0. The lowest BCUT2D eigenvalue weighted by Crippen LogP contribution is -2.36. The summed E-state index contributed by atoms with van der Waals surface area (Å²) in [5, 5.41) is 10.6. The first-order chi connectivity index (χ1) is 15.5. The lowest BCUT2D eigenvalue weighted by atomic mass is 10.0. The van der Waals surface area contributed by atoms with E-state index in [1.807, 2.05) is 0 Å². The second kappa shape index (κ2) is 9.12. The number of phenols is 1. The van der Waals surface area contributed by atoms with Crippen LogP contribution in [0.25, 0.3) is 6.08 Å². The number of fused-ring (bicyclic) bond motifs is 1. The fourth-order valence-corrected chi connectivity index (χ4v) is 4.35. The molecule has 7 heteroatoms. The SMILES string of the molecule is COc1cc(OC)c(OC)cc1C=C1Oc2c(ccc(O)c2CN2CCCC[C@H]2C)C1=O. The smallest absolute Gasteiger partial charge is 0.231 e. The summed E-state index contributed by atoms with van der Waals surface area (Å²) in [7, 11) is 4.64. The van der Waals surface area contributed by atoms with Crippen molar-refractivity contribution in [2.45, 2.75) is 38.8 Å². The molecule has 0 radical (unpaired) electrons. The summed E-state index contributed by atoms with van der Waals surface area (Å²) in [6, 6.07) is 7.04. The molecular weight excluding hydrogens is 410 g/mol. The highest BCUT2D eigenvalue weighted by Gasteiger charge is 2.33. The van der Waals surface area contributed by atoms with Gasteiger partial charge in [0.25, 0.3) is 0 Å². The number of rotatable bonds is 6. The number of hydrogen-bond donors (Lipinski definition) is 1. The highest BCUT2D eigenvalue weighted by Crippen LogP contribution is 2.42. The number of phenolic OH excluding ortho intramolecular Hbond substituents is 1. The number of Topliss-reactive ketones (excluding diaryl/α,β-unsaturated/α-hetero) is 1. The van der Waals surface area contributed by atoms with Crippen LogP contribution < -0.4 is 18.9 Å². The minimum absolute atomic E-state index is 0.138. The van der Waals surface area contributed by atoms with E-state index >= 15 is 0 Å². The van der Waals surface area contributed by atoms with Gasteiger partial charge in [-0.1, -0.05) is 6.42 Å². The summed E-state index contributed by atoms with van der Waals surface area (Å²) in [6.07, 6.45) is 5.10. The van der Waals surface area contributed by atoms with E-state index in [9.17, 15) is 9.90 Å². The normalized spacial score (nSPS) is 19.6. The van der Waals surface area contributed by atoms with Gasteiger partial charge in [-0.3, -0.25) is 9.69 Å². The van der Waals surface area contributed by atoms with Gasteiger partial charge in [-0.25, -0.2) is 0 Å². The number of aromatic hydroxyl groups is 1. The predicted octanol–water partition coefficient (Wildman–Crippen LogP) is 4.41. The molecule has 1 saturated heterocycles. The van der Waals surface area contributed by atoms with Crippen molar-refractivity contribution >= 4 is 11.9 Å². The van der Waals surface area contributed by atoms with E-state index in [1.165, 1.54) is 6.42 Å². The summed E-state index contributed by atoms with van der Waals surface area (Å²) in [5.74, 6) is 2.07. The fourth-order valence-electron chi connectivity index (χ4n) is 4.35. The van der Waals surface area contributed by atoms with E-state index in [4.69, 9.17) is 18.9 Å². The van der Waals surface area contributed by atoms with Gasteiger partial charge in [0.05, 0.1) is 32.5 Å². The maximum atomic E-state index is 13.1. The molecule has 0 bridgehead atoms. The summed E-state index contributed by atoms with van der Waals surface area (Å²) in [5.41, 5.74) is 1.72. The molecule has 0 amide bonds. The first-order valence-electron chi connectivity index (χ1n) is 10.8. The number of carbonyl (C=O) groups is 1. The summed E-state index contributed by atoms with van der Waals surface area (Å²) < 4.78 is 22.2. The van der Waals surface area contributed by atoms with Gasteiger partial charge < -0.3 is 24.1 Å². The summed E-state index contributed by atoms with van der Waals surface area (Å²) >= 11 is 0. The number of methoxy groups -OCH3 is 3. The molecule has 2 aromatic carbocycles. The van der Waals surface area contributed by atoms with Crippen LogP contribution in [0.15, 0.2) is 30.0 Å². The third-order valence-corrected chi connectivity index (χ3v) is 6.24. The molecule has 1 N–H and O–H groups in total. The fraction of sp³-hybridized carbons (Fsp3) is 0.400. The van der Waals surface area contributed by atoms with Crippen LogP contribution in [0.5, 0.6) is 28.7 Å². The van der Waals surface area contributed by atoms with Gasteiger partial charge in [-0.05, 0) is 50.6 Å². The minimum atomic E-state index is -0.232. The number of piperidine rings is 1. The van der Waals surface area contributed by atoms with E-state index < -0.39 is 0 Å². The van der Waals surface area contributed by atoms with Crippen LogP contribution in [0.4, 0.5) is 0 Å². The molecule has 2 aliphatic rings. The zero-order chi connectivity index (χ0) is 22.8. The van der Waals surface area contributed by atoms with Gasteiger partial charge in [0.15, 0.2) is 17.3 Å². The van der Waals surface area contributed by atoms with Gasteiger partial charge >= 0.3 is 0 Å². The van der Waals surface area contributed by atoms with Gasteiger partial charge in [-0.2, -0.15) is 0 Å². The zero-order valence-electron chi connectivity index (χ0n) is 18.9. The van der Waals surface area contributed by atoms with Crippen molar-refractivity contribution in [3.05, 3.63) is 46.7 Å². The monoisotopic (exact) mass is 439 g/mol. The highest BCUT2D eigenvalue weighted by molar-refractivity contribution is 6.15. The second-order valence-corrected chi connectivity index (χ2v) is 8.14. The number of likely N-dealkylation sites (tertiary alicyclic amines) is 1. The Morgan fingerprint density at radius 3 is 2.50 bits per heavy atom. The molecular formula is C25H29NO6. The van der Waals surface area contributed by atoms with Gasteiger partial charge in [-0.15, -0.1) is 0 Å². The molecule has 0 aliphatic carbocycles. The number of carbonyl (C=O) groups excluding carboxylic acids is 1. The molecule has 0 unspecified atom stereocenters. The molecule has 0 aromatic heterocycles. The van der Waals surface area contributed by atoms with Crippen molar-refractivity contribution in [2.75, 3.05) is 27.9 Å². The van der Waals surface area contributed by atoms with E-state index in [2.05, 4.69) is 11.8 Å². The van der Waals surface area contributed by atoms with Crippen molar-refractivity contribution in [3.8, 4) is 28.7 Å². The molecule has 1 atom stereocenters. The highest BCUT2D eigenvalue weighted by atomic mass is 16.5. The zero-order valence-corrected chi connectivity index (χ0v) is 18.9. The van der Waals surface area contributed by atoms with Crippen LogP contribution >= 0.6 is 0 Å². The molecule has 32 heavy (non-hydrogen) atoms. The molecule has 7 nitrogen and oxygen atoms in total. The number of ketones is 1. The van der Waals surface area contributed by atoms with Crippen molar-refractivity contribution in [2.24, 2.45) is 0 Å². The van der Waals surface area contributed by atoms with Crippen molar-refractivity contribution in [1.82, 2.24) is 4.90 Å². The lowest BCUT2D eigenvalue weighted by Gasteiger charge is -2.33. The molecule has 1 fully saturated rings. The Morgan fingerprint density at radius 1 is 1.09 bits per heavy atom. The molecule has 2 heterocycles. The number of ether oxygens (including phenoxy) is 4. The number of nitrogens with zero attached hydrogens (tertiary/aromatic N) is 1. The average molecular weight is 440 g/mol. The van der Waals surface area contributed by atoms with E-state index in [0.717, 1.165) is 19.4 Å². The molecule has 170 valence electrons. The standard InChI is InChI=1S/C25H29NO6/c1-15-7-5-6-10-26(15)14-18-19(27)9-8-17-24(28)23(32-25(17)18)12-16-11-21(30-3)22(31-4)13-20(16)29-2/h8-9,11-13,15,27H,5-7,10,14H2,1-4H3/t15-/m1/s1. The number of hydrogen-bond acceptors (Lipinski definition) is 7. The largest absolute Gasteiger partial charge is 0.507 e. The number of benzene rings is 2. The quantitative estimate of drug-likeness (QED) is 0.668. The van der Waals surface area contributed by atoms with Crippen LogP contribution in [0, 0.1) is 0 Å². The second-order valence-electron chi connectivity index (χ2n) is 8.14. The van der Waals surface area contributed by atoms with Crippen LogP contribution in [0.1, 0.15) is 47.7 Å². The maximum Gasteiger partial charge on any atom is 0.231 e. The molecule has 0 saturated carbocycles. The van der Waals surface area contributed by atoms with Gasteiger partial charge in [0.2, 0.25) is 5.78 Å². The third kappa shape index (κ3) is 4.00. The van der Waals surface area contributed by atoms with Crippen LogP contribution in [-0.2, 0) is 6.54 Å². The van der Waals surface area contributed by atoms with E-state index in [0.29, 0.717) is 52.3 Å². The Labute approximate surface area is 188 Å². The Morgan fingerprint density at radius 2 is 1.81 bits per heavy atom. The summed E-state index contributed by atoms with van der Waals surface area (Å²) in [6.45, 7) is 3.69. The molecule has 4 rings (SSSR count). The predicted molar refractivity (Wildman–Crippen MR) is 121 cm³/mol.